The SMILES string of the molecule is COc1ccc(Cc2c(N)nc3cccnc3c2N)c(OC)c1. The number of hydrogen-bond donors (Lipinski definition) is 2. The van der Waals surface area contributed by atoms with Crippen molar-refractivity contribution in [3.8, 4) is 11.5 Å². The minimum Gasteiger partial charge on any atom is -0.497 e. The minimum absolute atomic E-state index is 0.404. The van der Waals surface area contributed by atoms with Gasteiger partial charge in [0.05, 0.1) is 25.4 Å². The van der Waals surface area contributed by atoms with E-state index in [2.05, 4.69) is 9.97 Å². The van der Waals surface area contributed by atoms with E-state index < -0.39 is 0 Å². The zero-order valence-electron chi connectivity index (χ0n) is 13.0. The average molecular weight is 310 g/mol. The molecule has 3 aromatic rings. The molecule has 6 heteroatoms. The quantitative estimate of drug-likeness (QED) is 0.768. The maximum Gasteiger partial charge on any atom is 0.129 e. The van der Waals surface area contributed by atoms with Gasteiger partial charge in [-0.25, -0.2) is 4.98 Å². The molecule has 0 aliphatic heterocycles. The fourth-order valence-corrected chi connectivity index (χ4v) is 2.55. The molecule has 0 saturated heterocycles. The molecule has 0 saturated carbocycles. The molecule has 0 aliphatic carbocycles. The lowest BCUT2D eigenvalue weighted by molar-refractivity contribution is 0.391. The number of anilines is 2. The Kier molecular flexibility index (Phi) is 3.89. The highest BCUT2D eigenvalue weighted by molar-refractivity contribution is 5.90. The molecule has 0 amide bonds. The van der Waals surface area contributed by atoms with Gasteiger partial charge in [-0.05, 0) is 23.8 Å². The van der Waals surface area contributed by atoms with E-state index in [1.165, 1.54) is 0 Å². The van der Waals surface area contributed by atoms with Crippen LogP contribution in [-0.4, -0.2) is 24.2 Å². The molecule has 0 spiro atoms. The molecule has 2 heterocycles. The second kappa shape index (κ2) is 6.00. The number of nitrogen functional groups attached to an aromatic ring is 2. The van der Waals surface area contributed by atoms with Crippen LogP contribution in [0.15, 0.2) is 36.5 Å². The summed E-state index contributed by atoms with van der Waals surface area (Å²) in [4.78, 5) is 8.69. The fourth-order valence-electron chi connectivity index (χ4n) is 2.55. The third kappa shape index (κ3) is 2.70. The highest BCUT2D eigenvalue weighted by Gasteiger charge is 2.15. The van der Waals surface area contributed by atoms with Gasteiger partial charge in [-0.2, -0.15) is 0 Å². The first-order valence-electron chi connectivity index (χ1n) is 7.13. The van der Waals surface area contributed by atoms with Crippen molar-refractivity contribution in [2.45, 2.75) is 6.42 Å². The van der Waals surface area contributed by atoms with Crippen LogP contribution in [0, 0.1) is 0 Å². The minimum atomic E-state index is 0.404. The molecule has 0 bridgehead atoms. The summed E-state index contributed by atoms with van der Waals surface area (Å²) in [5, 5.41) is 0. The number of fused-ring (bicyclic) bond motifs is 1. The van der Waals surface area contributed by atoms with Gasteiger partial charge in [0.1, 0.15) is 22.8 Å². The number of ether oxygens (including phenoxy) is 2. The van der Waals surface area contributed by atoms with Crippen LogP contribution < -0.4 is 20.9 Å². The number of nitrogens with two attached hydrogens (primary N) is 2. The fraction of sp³-hybridized carbons (Fsp3) is 0.176. The van der Waals surface area contributed by atoms with Gasteiger partial charge in [-0.1, -0.05) is 6.07 Å². The third-order valence-electron chi connectivity index (χ3n) is 3.78. The van der Waals surface area contributed by atoms with E-state index in [1.54, 1.807) is 26.5 Å². The zero-order valence-corrected chi connectivity index (χ0v) is 13.0. The molecular formula is C17H18N4O2. The Morgan fingerprint density at radius 2 is 1.91 bits per heavy atom. The average Bonchev–Trinajstić information content (AvgIpc) is 2.58. The van der Waals surface area contributed by atoms with Crippen molar-refractivity contribution in [3.63, 3.8) is 0 Å². The second-order valence-corrected chi connectivity index (χ2v) is 5.11. The number of rotatable bonds is 4. The predicted octanol–water partition coefficient (Wildman–Crippen LogP) is 2.40. The Morgan fingerprint density at radius 3 is 2.65 bits per heavy atom. The summed E-state index contributed by atoms with van der Waals surface area (Å²) in [6, 6.07) is 9.28. The van der Waals surface area contributed by atoms with Crippen molar-refractivity contribution in [2.24, 2.45) is 0 Å². The van der Waals surface area contributed by atoms with E-state index in [1.807, 2.05) is 24.3 Å². The lowest BCUT2D eigenvalue weighted by atomic mass is 10.0. The summed E-state index contributed by atoms with van der Waals surface area (Å²) in [5.41, 5.74) is 16.0. The summed E-state index contributed by atoms with van der Waals surface area (Å²) in [5.74, 6) is 1.84. The van der Waals surface area contributed by atoms with E-state index in [0.29, 0.717) is 34.7 Å². The lowest BCUT2D eigenvalue weighted by Gasteiger charge is -2.14. The second-order valence-electron chi connectivity index (χ2n) is 5.11. The first-order valence-corrected chi connectivity index (χ1v) is 7.13. The van der Waals surface area contributed by atoms with Gasteiger partial charge in [0.15, 0.2) is 0 Å². The smallest absolute Gasteiger partial charge is 0.129 e. The van der Waals surface area contributed by atoms with Crippen LogP contribution in [0.2, 0.25) is 0 Å². The molecule has 23 heavy (non-hydrogen) atoms. The van der Waals surface area contributed by atoms with Crippen LogP contribution in [0.3, 0.4) is 0 Å². The van der Waals surface area contributed by atoms with Gasteiger partial charge in [-0.3, -0.25) is 4.98 Å². The molecule has 0 atom stereocenters. The third-order valence-corrected chi connectivity index (χ3v) is 3.78. The Balaban J connectivity index is 2.08. The zero-order chi connectivity index (χ0) is 16.4. The van der Waals surface area contributed by atoms with E-state index in [9.17, 15) is 0 Å². The van der Waals surface area contributed by atoms with Crippen LogP contribution >= 0.6 is 0 Å². The molecule has 0 radical (unpaired) electrons. The maximum atomic E-state index is 6.27. The molecule has 4 N–H and O–H groups in total. The number of aromatic nitrogens is 2. The summed E-state index contributed by atoms with van der Waals surface area (Å²) in [6.45, 7) is 0. The lowest BCUT2D eigenvalue weighted by Crippen LogP contribution is -2.06. The van der Waals surface area contributed by atoms with Crippen molar-refractivity contribution in [1.29, 1.82) is 0 Å². The number of methoxy groups -OCH3 is 2. The molecule has 0 fully saturated rings. The molecule has 3 rings (SSSR count). The highest BCUT2D eigenvalue weighted by atomic mass is 16.5. The van der Waals surface area contributed by atoms with Gasteiger partial charge in [0.2, 0.25) is 0 Å². The van der Waals surface area contributed by atoms with E-state index in [4.69, 9.17) is 20.9 Å². The monoisotopic (exact) mass is 310 g/mol. The molecular weight excluding hydrogens is 292 g/mol. The van der Waals surface area contributed by atoms with Crippen molar-refractivity contribution in [1.82, 2.24) is 9.97 Å². The molecule has 2 aromatic heterocycles. The molecule has 0 aliphatic rings. The van der Waals surface area contributed by atoms with Gasteiger partial charge in [0, 0.05) is 24.2 Å². The summed E-state index contributed by atoms with van der Waals surface area (Å²) < 4.78 is 10.6. The molecule has 6 nitrogen and oxygen atoms in total. The van der Waals surface area contributed by atoms with Crippen LogP contribution in [0.25, 0.3) is 11.0 Å². The molecule has 118 valence electrons. The number of pyridine rings is 2. The first kappa shape index (κ1) is 14.9. The van der Waals surface area contributed by atoms with Crippen molar-refractivity contribution in [2.75, 3.05) is 25.7 Å². The van der Waals surface area contributed by atoms with Crippen LogP contribution in [-0.2, 0) is 6.42 Å². The van der Waals surface area contributed by atoms with Crippen LogP contribution in [0.5, 0.6) is 11.5 Å². The van der Waals surface area contributed by atoms with Gasteiger partial charge < -0.3 is 20.9 Å². The Morgan fingerprint density at radius 1 is 1.09 bits per heavy atom. The molecule has 1 aromatic carbocycles. The standard InChI is InChI=1S/C17H18N4O2/c1-22-11-6-5-10(14(9-11)23-2)8-12-15(18)16-13(21-17(12)19)4-3-7-20-16/h3-7,9H,8H2,1-2H3,(H4,18,19,21). The predicted molar refractivity (Wildman–Crippen MR) is 90.7 cm³/mol. The summed E-state index contributed by atoms with van der Waals surface area (Å²) in [7, 11) is 3.23. The van der Waals surface area contributed by atoms with Crippen LogP contribution in [0.1, 0.15) is 11.1 Å². The number of hydrogen-bond acceptors (Lipinski definition) is 6. The van der Waals surface area contributed by atoms with Crippen LogP contribution in [0.4, 0.5) is 11.5 Å². The normalized spacial score (nSPS) is 10.7. The van der Waals surface area contributed by atoms with Crippen molar-refractivity contribution >= 4 is 22.5 Å². The van der Waals surface area contributed by atoms with E-state index >= 15 is 0 Å². The Bertz CT molecular complexity index is 865. The van der Waals surface area contributed by atoms with Gasteiger partial charge >= 0.3 is 0 Å². The first-order chi connectivity index (χ1) is 11.1. The highest BCUT2D eigenvalue weighted by Crippen LogP contribution is 2.32. The van der Waals surface area contributed by atoms with Crippen molar-refractivity contribution < 1.29 is 9.47 Å². The maximum absolute atomic E-state index is 6.27. The summed E-state index contributed by atoms with van der Waals surface area (Å²) in [6.07, 6.45) is 2.19. The van der Waals surface area contributed by atoms with Gasteiger partial charge in [-0.15, -0.1) is 0 Å². The Labute approximate surface area is 134 Å². The topological polar surface area (TPSA) is 96.3 Å². The number of nitrogens with zero attached hydrogens (tertiary/aromatic N) is 2. The van der Waals surface area contributed by atoms with E-state index in [-0.39, 0.29) is 0 Å². The van der Waals surface area contributed by atoms with E-state index in [0.717, 1.165) is 16.9 Å². The Hall–Kier alpha value is -3.02. The van der Waals surface area contributed by atoms with Gasteiger partial charge in [0.25, 0.3) is 0 Å². The number of benzene rings is 1. The van der Waals surface area contributed by atoms with Crippen molar-refractivity contribution in [3.05, 3.63) is 47.7 Å². The summed E-state index contributed by atoms with van der Waals surface area (Å²) >= 11 is 0. The largest absolute Gasteiger partial charge is 0.497 e. The molecule has 0 unspecified atom stereocenters.